The Balaban J connectivity index is 1.25. The van der Waals surface area contributed by atoms with Gasteiger partial charge in [-0.05, 0) is 61.9 Å². The van der Waals surface area contributed by atoms with E-state index < -0.39 is 5.97 Å². The van der Waals surface area contributed by atoms with Crippen LogP contribution in [0.5, 0.6) is 0 Å². The second-order valence-corrected chi connectivity index (χ2v) is 11.0. The van der Waals surface area contributed by atoms with Gasteiger partial charge >= 0.3 is 5.97 Å². The number of hydrogen-bond donors (Lipinski definition) is 3. The molecule has 5 rings (SSSR count). The minimum Gasteiger partial charge on any atom is -0.481 e. The smallest absolute Gasteiger partial charge is 0.303 e. The molecule has 3 fully saturated rings. The van der Waals surface area contributed by atoms with Crippen molar-refractivity contribution >= 4 is 40.5 Å². The summed E-state index contributed by atoms with van der Waals surface area (Å²) in [6.45, 7) is 0.932. The number of rotatable bonds is 10. The van der Waals surface area contributed by atoms with Gasteiger partial charge in [-0.3, -0.25) is 9.80 Å². The molecule has 2 aromatic rings. The summed E-state index contributed by atoms with van der Waals surface area (Å²) in [5.41, 5.74) is 9.61. The van der Waals surface area contributed by atoms with Crippen LogP contribution in [-0.4, -0.2) is 36.4 Å². The third-order valence-corrected chi connectivity index (χ3v) is 8.29. The number of hydrazine groups is 1. The highest BCUT2D eigenvalue weighted by molar-refractivity contribution is 6.39. The molecular weight excluding hydrogens is 518 g/mol. The normalized spacial score (nSPS) is 23.4. The molecule has 3 unspecified atom stereocenters. The van der Waals surface area contributed by atoms with E-state index in [9.17, 15) is 9.18 Å². The molecule has 37 heavy (non-hydrogen) atoms. The van der Waals surface area contributed by atoms with Gasteiger partial charge in [-0.25, -0.2) is 10.2 Å². The van der Waals surface area contributed by atoms with Gasteiger partial charge in [0.15, 0.2) is 0 Å². The molecule has 1 aliphatic heterocycles. The van der Waals surface area contributed by atoms with Crippen molar-refractivity contribution in [3.63, 3.8) is 0 Å². The number of nitrogens with zero attached hydrogens (tertiary/aromatic N) is 2. The minimum atomic E-state index is -0.892. The van der Waals surface area contributed by atoms with Gasteiger partial charge < -0.3 is 20.5 Å². The molecule has 0 aromatic heterocycles. The highest BCUT2D eigenvalue weighted by Crippen LogP contribution is 2.44. The van der Waals surface area contributed by atoms with E-state index in [4.69, 9.17) is 44.6 Å². The van der Waals surface area contributed by atoms with E-state index in [0.717, 1.165) is 25.7 Å². The Bertz CT molecular complexity index is 1200. The number of piperidine rings is 1. The van der Waals surface area contributed by atoms with E-state index in [1.807, 2.05) is 6.07 Å². The van der Waals surface area contributed by atoms with Gasteiger partial charge in [-0.2, -0.15) is 0 Å². The molecule has 2 bridgehead atoms. The zero-order chi connectivity index (χ0) is 26.3. The predicted octanol–water partition coefficient (Wildman–Crippen LogP) is 5.09. The van der Waals surface area contributed by atoms with Gasteiger partial charge in [0.25, 0.3) is 0 Å². The van der Waals surface area contributed by atoms with Gasteiger partial charge in [0.2, 0.25) is 0 Å². The van der Waals surface area contributed by atoms with Crippen LogP contribution in [0.25, 0.3) is 0 Å². The Hall–Kier alpha value is -2.52. The summed E-state index contributed by atoms with van der Waals surface area (Å²) in [4.78, 5) is 12.9. The van der Waals surface area contributed by atoms with Crippen molar-refractivity contribution < 1.29 is 19.0 Å². The largest absolute Gasteiger partial charge is 0.481 e. The Morgan fingerprint density at radius 3 is 2.51 bits per heavy atom. The molecule has 0 amide bonds. The maximum absolute atomic E-state index is 14.9. The number of fused-ring (bicyclic) bond motifs is 2. The molecular formula is C27H31Cl2FN4O3. The van der Waals surface area contributed by atoms with Gasteiger partial charge in [0.05, 0.1) is 39.8 Å². The number of aliphatic carboxylic acids is 1. The number of hydrogen-bond acceptors (Lipinski definition) is 6. The van der Waals surface area contributed by atoms with Crippen molar-refractivity contribution in [3.8, 4) is 0 Å². The van der Waals surface area contributed by atoms with E-state index in [-0.39, 0.29) is 42.8 Å². The summed E-state index contributed by atoms with van der Waals surface area (Å²) < 4.78 is 21.3. The van der Waals surface area contributed by atoms with Crippen molar-refractivity contribution in [2.45, 2.75) is 50.7 Å². The number of nitrogens with two attached hydrogens (primary N) is 2. The Morgan fingerprint density at radius 1 is 1.19 bits per heavy atom. The molecule has 2 aliphatic carbocycles. The zero-order valence-corrected chi connectivity index (χ0v) is 21.9. The van der Waals surface area contributed by atoms with Crippen LogP contribution in [0.4, 0.5) is 15.8 Å². The first-order chi connectivity index (χ1) is 17.7. The third-order valence-electron chi connectivity index (χ3n) is 7.68. The van der Waals surface area contributed by atoms with Crippen LogP contribution in [0.1, 0.15) is 37.7 Å². The number of carboxylic acids is 1. The summed E-state index contributed by atoms with van der Waals surface area (Å²) in [5, 5.41) is 11.2. The average molecular weight is 549 g/mol. The Kier molecular flexibility index (Phi) is 7.54. The summed E-state index contributed by atoms with van der Waals surface area (Å²) in [6, 6.07) is 10.4. The van der Waals surface area contributed by atoms with E-state index in [1.54, 1.807) is 24.3 Å². The van der Waals surface area contributed by atoms with Gasteiger partial charge in [-0.1, -0.05) is 35.3 Å². The second kappa shape index (κ2) is 10.7. The lowest BCUT2D eigenvalue weighted by Gasteiger charge is -2.34. The van der Waals surface area contributed by atoms with Crippen LogP contribution < -0.4 is 21.5 Å². The number of carboxylic acid groups (broad SMARTS) is 1. The van der Waals surface area contributed by atoms with Gasteiger partial charge in [0, 0.05) is 36.5 Å². The van der Waals surface area contributed by atoms with Crippen LogP contribution in [0.2, 0.25) is 10.0 Å². The summed E-state index contributed by atoms with van der Waals surface area (Å²) in [7, 11) is 0. The number of aryl methyl sites for hydroxylation is 1. The fourth-order valence-electron chi connectivity index (χ4n) is 5.56. The number of halogens is 3. The highest BCUT2D eigenvalue weighted by Gasteiger charge is 2.46. The number of anilines is 2. The number of benzene rings is 2. The van der Waals surface area contributed by atoms with Crippen LogP contribution >= 0.6 is 23.2 Å². The van der Waals surface area contributed by atoms with Crippen molar-refractivity contribution in [1.82, 2.24) is 0 Å². The summed E-state index contributed by atoms with van der Waals surface area (Å²) in [6.07, 6.45) is 4.04. The summed E-state index contributed by atoms with van der Waals surface area (Å²) >= 11 is 12.8. The molecule has 7 nitrogen and oxygen atoms in total. The molecule has 2 aromatic carbocycles. The maximum Gasteiger partial charge on any atom is 0.303 e. The lowest BCUT2D eigenvalue weighted by atomic mass is 10.0. The number of ether oxygens (including phenoxy) is 1. The molecule has 2 saturated carbocycles. The van der Waals surface area contributed by atoms with Crippen LogP contribution in [-0.2, 0) is 16.0 Å². The minimum absolute atomic E-state index is 0.0104. The number of carbonyl (C=O) groups is 1. The Labute approximate surface area is 225 Å². The van der Waals surface area contributed by atoms with Gasteiger partial charge in [-0.15, -0.1) is 0 Å². The second-order valence-electron chi connectivity index (χ2n) is 10.2. The highest BCUT2D eigenvalue weighted by atomic mass is 35.5. The number of para-hydroxylation sites is 1. The zero-order valence-electron chi connectivity index (χ0n) is 20.4. The molecule has 10 heteroatoms. The topological polar surface area (TPSA) is 105 Å². The van der Waals surface area contributed by atoms with E-state index in [2.05, 4.69) is 4.90 Å². The van der Waals surface area contributed by atoms with E-state index >= 15 is 0 Å². The van der Waals surface area contributed by atoms with Crippen LogP contribution in [0, 0.1) is 17.7 Å². The quantitative estimate of drug-likeness (QED) is 0.280. The number of allylic oxidation sites excluding steroid dienone is 1. The SMILES string of the molecule is N/C(=C(/COC1CC2CC1CN2c1ccc(CCC(=O)O)cc1F)N(N)c1c(Cl)cccc1Cl)C1CC1. The standard InChI is InChI=1S/C27H31Cl2FN4O3/c28-19-2-1-3-20(29)27(19)34(32)23(26(31)16-6-7-16)14-37-24-12-18-11-17(24)13-33(18)22-8-4-15(10-21(22)30)5-9-25(35)36/h1-4,8,10,16-18,24H,5-7,9,11-14,31-32H2,(H,35,36)/b26-23-. The summed E-state index contributed by atoms with van der Waals surface area (Å²) in [5.74, 6) is 5.83. The monoisotopic (exact) mass is 548 g/mol. The maximum atomic E-state index is 14.9. The molecule has 5 N–H and O–H groups in total. The van der Waals surface area contributed by atoms with Crippen molar-refractivity contribution in [2.75, 3.05) is 23.1 Å². The lowest BCUT2D eigenvalue weighted by Crippen LogP contribution is -2.41. The molecule has 1 heterocycles. The average Bonchev–Trinajstić information content (AvgIpc) is 3.53. The van der Waals surface area contributed by atoms with Crippen molar-refractivity contribution in [2.24, 2.45) is 23.4 Å². The fraction of sp³-hybridized carbons (Fsp3) is 0.444. The Morgan fingerprint density at radius 2 is 1.92 bits per heavy atom. The first-order valence-corrected chi connectivity index (χ1v) is 13.3. The van der Waals surface area contributed by atoms with Crippen molar-refractivity contribution in [3.05, 3.63) is 69.2 Å². The molecule has 1 saturated heterocycles. The van der Waals surface area contributed by atoms with Gasteiger partial charge in [0.1, 0.15) is 5.82 Å². The van der Waals surface area contributed by atoms with Crippen LogP contribution in [0.15, 0.2) is 47.8 Å². The molecule has 3 aliphatic rings. The van der Waals surface area contributed by atoms with E-state index in [0.29, 0.717) is 51.3 Å². The van der Waals surface area contributed by atoms with Crippen LogP contribution in [0.3, 0.4) is 0 Å². The fourth-order valence-corrected chi connectivity index (χ4v) is 6.14. The molecule has 0 spiro atoms. The van der Waals surface area contributed by atoms with E-state index in [1.165, 1.54) is 11.1 Å². The molecule has 198 valence electrons. The predicted molar refractivity (Wildman–Crippen MR) is 143 cm³/mol. The molecule has 0 radical (unpaired) electrons. The first-order valence-electron chi connectivity index (χ1n) is 12.6. The first kappa shape index (κ1) is 26.1. The third kappa shape index (κ3) is 5.53. The lowest BCUT2D eigenvalue weighted by molar-refractivity contribution is -0.136. The molecule has 3 atom stereocenters. The van der Waals surface area contributed by atoms with Crippen molar-refractivity contribution in [1.29, 1.82) is 0 Å².